The minimum atomic E-state index is -2.86. The number of imide groups is 1. The number of ether oxygens (including phenoxy) is 1. The summed E-state index contributed by atoms with van der Waals surface area (Å²) in [7, 11) is 1.74. The largest absolute Gasteiger partial charge is 0.435 e. The van der Waals surface area contributed by atoms with Crippen molar-refractivity contribution in [2.24, 2.45) is 5.92 Å². The Morgan fingerprint density at radius 3 is 2.28 bits per heavy atom. The first kappa shape index (κ1) is 20.8. The molecule has 0 spiro atoms. The second-order valence-electron chi connectivity index (χ2n) is 6.21. The number of nitrogens with zero attached hydrogens (tertiary/aromatic N) is 1. The van der Waals surface area contributed by atoms with Crippen molar-refractivity contribution in [2.45, 2.75) is 40.0 Å². The molecular formula is C17H25F2N3O3. The highest BCUT2D eigenvalue weighted by molar-refractivity contribution is 5.96. The van der Waals surface area contributed by atoms with Gasteiger partial charge in [0.15, 0.2) is 0 Å². The van der Waals surface area contributed by atoms with Crippen LogP contribution in [0.3, 0.4) is 0 Å². The summed E-state index contributed by atoms with van der Waals surface area (Å²) in [5.74, 6) is -0.0478. The number of halogens is 2. The molecule has 3 amide bonds. The van der Waals surface area contributed by atoms with Gasteiger partial charge in [-0.3, -0.25) is 15.0 Å². The molecule has 1 aromatic carbocycles. The normalized spacial score (nSPS) is 12.4. The Hall–Kier alpha value is -2.22. The van der Waals surface area contributed by atoms with Gasteiger partial charge < -0.3 is 10.1 Å². The Bertz CT molecular complexity index is 565. The van der Waals surface area contributed by atoms with Gasteiger partial charge in [0, 0.05) is 13.1 Å². The maximum atomic E-state index is 12.1. The molecule has 0 heterocycles. The van der Waals surface area contributed by atoms with Crippen LogP contribution in [0.15, 0.2) is 24.3 Å². The molecule has 2 N–H and O–H groups in total. The predicted octanol–water partition coefficient (Wildman–Crippen LogP) is 2.59. The van der Waals surface area contributed by atoms with E-state index in [1.165, 1.54) is 12.1 Å². The van der Waals surface area contributed by atoms with Gasteiger partial charge in [-0.1, -0.05) is 26.0 Å². The molecule has 0 radical (unpaired) electrons. The zero-order chi connectivity index (χ0) is 19.0. The van der Waals surface area contributed by atoms with Crippen molar-refractivity contribution < 1.29 is 23.1 Å². The van der Waals surface area contributed by atoms with Gasteiger partial charge in [-0.15, -0.1) is 0 Å². The lowest BCUT2D eigenvalue weighted by Gasteiger charge is -2.23. The Balaban J connectivity index is 2.51. The number of rotatable bonds is 8. The number of hydrogen-bond acceptors (Lipinski definition) is 4. The zero-order valence-electron chi connectivity index (χ0n) is 14.9. The number of alkyl halides is 2. The third-order valence-electron chi connectivity index (χ3n) is 3.53. The average Bonchev–Trinajstić information content (AvgIpc) is 2.53. The zero-order valence-corrected chi connectivity index (χ0v) is 14.9. The van der Waals surface area contributed by atoms with Crippen molar-refractivity contribution >= 4 is 11.9 Å². The number of carbonyl (C=O) groups excluding carboxylic acids is 2. The summed E-state index contributed by atoms with van der Waals surface area (Å²) in [6, 6.07) is 5.12. The van der Waals surface area contributed by atoms with Crippen LogP contribution in [0.4, 0.5) is 13.6 Å². The maximum Gasteiger partial charge on any atom is 0.387 e. The summed E-state index contributed by atoms with van der Waals surface area (Å²) in [4.78, 5) is 25.5. The summed E-state index contributed by atoms with van der Waals surface area (Å²) < 4.78 is 28.5. The van der Waals surface area contributed by atoms with E-state index in [2.05, 4.69) is 15.4 Å². The van der Waals surface area contributed by atoms with Crippen LogP contribution in [0.1, 0.15) is 26.3 Å². The second kappa shape index (κ2) is 9.93. The molecule has 6 nitrogen and oxygen atoms in total. The average molecular weight is 357 g/mol. The van der Waals surface area contributed by atoms with Gasteiger partial charge in [-0.2, -0.15) is 8.78 Å². The van der Waals surface area contributed by atoms with Gasteiger partial charge >= 0.3 is 12.6 Å². The fourth-order valence-electron chi connectivity index (χ4n) is 1.96. The Morgan fingerprint density at radius 1 is 1.16 bits per heavy atom. The van der Waals surface area contributed by atoms with E-state index in [-0.39, 0.29) is 11.7 Å². The number of nitrogens with one attached hydrogen (secondary N) is 2. The third-order valence-corrected chi connectivity index (χ3v) is 3.53. The van der Waals surface area contributed by atoms with Gasteiger partial charge in [0.2, 0.25) is 5.91 Å². The molecule has 0 fully saturated rings. The molecule has 0 saturated heterocycles. The summed E-state index contributed by atoms with van der Waals surface area (Å²) >= 11 is 0. The van der Waals surface area contributed by atoms with Crippen molar-refractivity contribution in [3.63, 3.8) is 0 Å². The van der Waals surface area contributed by atoms with Crippen molar-refractivity contribution in [1.82, 2.24) is 15.5 Å². The highest BCUT2D eigenvalue weighted by Gasteiger charge is 2.20. The lowest BCUT2D eigenvalue weighted by molar-refractivity contribution is -0.124. The molecule has 1 unspecified atom stereocenters. The smallest absolute Gasteiger partial charge is 0.387 e. The van der Waals surface area contributed by atoms with E-state index in [1.54, 1.807) is 31.0 Å². The molecule has 0 aromatic heterocycles. The summed E-state index contributed by atoms with van der Waals surface area (Å²) in [5, 5.41) is 4.91. The molecule has 0 aliphatic heterocycles. The van der Waals surface area contributed by atoms with Gasteiger partial charge in [0.25, 0.3) is 0 Å². The van der Waals surface area contributed by atoms with Gasteiger partial charge in [-0.05, 0) is 37.6 Å². The third kappa shape index (κ3) is 7.93. The lowest BCUT2D eigenvalue weighted by Crippen LogP contribution is -2.48. The van der Waals surface area contributed by atoms with E-state index in [0.29, 0.717) is 13.1 Å². The lowest BCUT2D eigenvalue weighted by atomic mass is 10.2. The van der Waals surface area contributed by atoms with E-state index in [0.717, 1.165) is 5.56 Å². The first-order valence-corrected chi connectivity index (χ1v) is 8.01. The van der Waals surface area contributed by atoms with Crippen molar-refractivity contribution in [1.29, 1.82) is 0 Å². The topological polar surface area (TPSA) is 70.7 Å². The Kier molecular flexibility index (Phi) is 8.27. The SMILES string of the molecule is CC(C)CNC(=O)NC(=O)C(C)N(C)Cc1ccc(OC(F)F)cc1. The number of benzene rings is 1. The molecule has 25 heavy (non-hydrogen) atoms. The second-order valence-corrected chi connectivity index (χ2v) is 6.21. The summed E-state index contributed by atoms with van der Waals surface area (Å²) in [6.07, 6.45) is 0. The number of amides is 3. The monoisotopic (exact) mass is 357 g/mol. The molecule has 8 heteroatoms. The molecule has 1 atom stereocenters. The summed E-state index contributed by atoms with van der Waals surface area (Å²) in [6.45, 7) is 3.62. The maximum absolute atomic E-state index is 12.1. The van der Waals surface area contributed by atoms with Crippen molar-refractivity contribution in [3.8, 4) is 5.75 Å². The summed E-state index contributed by atoms with van der Waals surface area (Å²) in [5.41, 5.74) is 0.827. The standard InChI is InChI=1S/C17H25F2N3O3/c1-11(2)9-20-17(24)21-15(23)12(3)22(4)10-13-5-7-14(8-6-13)25-16(18)19/h5-8,11-12,16H,9-10H2,1-4H3,(H2,20,21,23,24). The number of urea groups is 1. The minimum Gasteiger partial charge on any atom is -0.435 e. The fourth-order valence-corrected chi connectivity index (χ4v) is 1.96. The fraction of sp³-hybridized carbons (Fsp3) is 0.529. The van der Waals surface area contributed by atoms with Crippen LogP contribution in [0, 0.1) is 5.92 Å². The molecule has 1 rings (SSSR count). The molecule has 140 valence electrons. The van der Waals surface area contributed by atoms with E-state index in [9.17, 15) is 18.4 Å². The number of hydrogen-bond donors (Lipinski definition) is 2. The highest BCUT2D eigenvalue weighted by atomic mass is 19.3. The van der Waals surface area contributed by atoms with Crippen LogP contribution in [-0.4, -0.2) is 43.1 Å². The van der Waals surface area contributed by atoms with Gasteiger partial charge in [0.05, 0.1) is 6.04 Å². The van der Waals surface area contributed by atoms with Crippen LogP contribution in [-0.2, 0) is 11.3 Å². The van der Waals surface area contributed by atoms with Crippen LogP contribution < -0.4 is 15.4 Å². The molecule has 0 saturated carbocycles. The Morgan fingerprint density at radius 2 is 1.76 bits per heavy atom. The molecule has 0 aliphatic rings. The van der Waals surface area contributed by atoms with E-state index in [1.807, 2.05) is 13.8 Å². The van der Waals surface area contributed by atoms with Crippen LogP contribution in [0.5, 0.6) is 5.75 Å². The van der Waals surface area contributed by atoms with E-state index >= 15 is 0 Å². The predicted molar refractivity (Wildman–Crippen MR) is 90.4 cm³/mol. The van der Waals surface area contributed by atoms with Gasteiger partial charge in [0.1, 0.15) is 5.75 Å². The van der Waals surface area contributed by atoms with Crippen molar-refractivity contribution in [2.75, 3.05) is 13.6 Å². The highest BCUT2D eigenvalue weighted by Crippen LogP contribution is 2.16. The quantitative estimate of drug-likeness (QED) is 0.750. The molecule has 0 aliphatic carbocycles. The molecule has 1 aromatic rings. The van der Waals surface area contributed by atoms with Crippen LogP contribution >= 0.6 is 0 Å². The molecule has 0 bridgehead atoms. The Labute approximate surface area is 146 Å². The number of likely N-dealkylation sites (N-methyl/N-ethyl adjacent to an activating group) is 1. The van der Waals surface area contributed by atoms with E-state index in [4.69, 9.17) is 0 Å². The van der Waals surface area contributed by atoms with Crippen LogP contribution in [0.25, 0.3) is 0 Å². The first-order chi connectivity index (χ1) is 11.7. The molecular weight excluding hydrogens is 332 g/mol. The van der Waals surface area contributed by atoms with Crippen molar-refractivity contribution in [3.05, 3.63) is 29.8 Å². The minimum absolute atomic E-state index is 0.0778. The van der Waals surface area contributed by atoms with Crippen LogP contribution in [0.2, 0.25) is 0 Å². The number of carbonyl (C=O) groups is 2. The van der Waals surface area contributed by atoms with Gasteiger partial charge in [-0.25, -0.2) is 4.79 Å². The van der Waals surface area contributed by atoms with E-state index < -0.39 is 24.6 Å². The first-order valence-electron chi connectivity index (χ1n) is 8.01.